The van der Waals surface area contributed by atoms with Crippen LogP contribution in [0, 0.1) is 11.8 Å². The average molecular weight is 252 g/mol. The summed E-state index contributed by atoms with van der Waals surface area (Å²) < 4.78 is 36.3. The fourth-order valence-electron chi connectivity index (χ4n) is 2.46. The van der Waals surface area contributed by atoms with Gasteiger partial charge in [0.1, 0.15) is 0 Å². The van der Waals surface area contributed by atoms with Crippen LogP contribution in [-0.2, 0) is 0 Å². The fourth-order valence-corrected chi connectivity index (χ4v) is 2.46. The molecule has 0 aromatic rings. The van der Waals surface area contributed by atoms with Crippen molar-refractivity contribution in [2.24, 2.45) is 17.6 Å². The molecule has 0 heterocycles. The molecule has 2 nitrogen and oxygen atoms in total. The van der Waals surface area contributed by atoms with Gasteiger partial charge in [0.15, 0.2) is 0 Å². The van der Waals surface area contributed by atoms with E-state index in [1.54, 1.807) is 6.92 Å². The molecule has 5 heteroatoms. The molecular weight excluding hydrogens is 229 g/mol. The smallest absolute Gasteiger partial charge is 0.330 e. The summed E-state index contributed by atoms with van der Waals surface area (Å²) in [7, 11) is 0. The van der Waals surface area contributed by atoms with Gasteiger partial charge in [0.25, 0.3) is 0 Å². The van der Waals surface area contributed by atoms with Crippen LogP contribution < -0.4 is 11.1 Å². The van der Waals surface area contributed by atoms with Crippen molar-refractivity contribution in [1.29, 1.82) is 0 Å². The third-order valence-corrected chi connectivity index (χ3v) is 3.59. The minimum atomic E-state index is -4.07. The highest BCUT2D eigenvalue weighted by Gasteiger charge is 2.30. The molecule has 0 amide bonds. The van der Waals surface area contributed by atoms with Crippen LogP contribution in [0.4, 0.5) is 13.2 Å². The number of alkyl halides is 3. The molecule has 1 unspecified atom stereocenters. The quantitative estimate of drug-likeness (QED) is 0.789. The highest BCUT2D eigenvalue weighted by molar-refractivity contribution is 4.76. The van der Waals surface area contributed by atoms with Crippen LogP contribution in [0.25, 0.3) is 0 Å². The fraction of sp³-hybridized carbons (Fsp3) is 1.00. The van der Waals surface area contributed by atoms with E-state index in [2.05, 4.69) is 5.32 Å². The lowest BCUT2D eigenvalue weighted by molar-refractivity contribution is -0.139. The number of nitrogens with one attached hydrogen (secondary N) is 1. The zero-order valence-electron chi connectivity index (χ0n) is 10.4. The van der Waals surface area contributed by atoms with E-state index in [9.17, 15) is 13.2 Å². The van der Waals surface area contributed by atoms with Crippen molar-refractivity contribution in [2.75, 3.05) is 13.1 Å². The van der Waals surface area contributed by atoms with Gasteiger partial charge in [-0.15, -0.1) is 0 Å². The molecule has 1 saturated carbocycles. The van der Waals surface area contributed by atoms with Gasteiger partial charge in [-0.3, -0.25) is 0 Å². The van der Waals surface area contributed by atoms with Gasteiger partial charge in [0.05, 0.1) is 6.42 Å². The molecule has 3 N–H and O–H groups in total. The van der Waals surface area contributed by atoms with Crippen molar-refractivity contribution in [1.82, 2.24) is 5.32 Å². The van der Waals surface area contributed by atoms with E-state index in [0.29, 0.717) is 18.4 Å². The molecule has 0 saturated heterocycles. The van der Waals surface area contributed by atoms with E-state index in [0.717, 1.165) is 32.2 Å². The van der Waals surface area contributed by atoms with E-state index in [4.69, 9.17) is 5.73 Å². The molecular formula is C12H23F3N2. The Kier molecular flexibility index (Phi) is 5.73. The zero-order valence-corrected chi connectivity index (χ0v) is 10.4. The van der Waals surface area contributed by atoms with Crippen LogP contribution in [0.3, 0.4) is 0 Å². The Morgan fingerprint density at radius 1 is 1.18 bits per heavy atom. The Morgan fingerprint density at radius 3 is 2.18 bits per heavy atom. The maximum Gasteiger partial charge on any atom is 0.390 e. The predicted molar refractivity (Wildman–Crippen MR) is 62.6 cm³/mol. The minimum absolute atomic E-state index is 0.484. The van der Waals surface area contributed by atoms with Crippen LogP contribution in [-0.4, -0.2) is 25.3 Å². The van der Waals surface area contributed by atoms with Crippen molar-refractivity contribution in [3.8, 4) is 0 Å². The summed E-state index contributed by atoms with van der Waals surface area (Å²) in [6.07, 6.45) is -0.386. The molecule has 1 aliphatic carbocycles. The van der Waals surface area contributed by atoms with Crippen LogP contribution in [0.2, 0.25) is 0 Å². The third-order valence-electron chi connectivity index (χ3n) is 3.59. The average Bonchev–Trinajstić information content (AvgIpc) is 2.25. The lowest BCUT2D eigenvalue weighted by Gasteiger charge is -2.29. The first kappa shape index (κ1) is 14.8. The molecule has 1 aliphatic rings. The second kappa shape index (κ2) is 6.59. The van der Waals surface area contributed by atoms with Crippen LogP contribution >= 0.6 is 0 Å². The third kappa shape index (κ3) is 6.27. The van der Waals surface area contributed by atoms with E-state index in [1.165, 1.54) is 0 Å². The Hall–Kier alpha value is -0.290. The van der Waals surface area contributed by atoms with Crippen molar-refractivity contribution >= 4 is 0 Å². The second-order valence-corrected chi connectivity index (χ2v) is 5.25. The number of halogens is 3. The maximum absolute atomic E-state index is 12.1. The Bertz CT molecular complexity index is 210. The van der Waals surface area contributed by atoms with Gasteiger partial charge in [-0.1, -0.05) is 0 Å². The summed E-state index contributed by atoms with van der Waals surface area (Å²) in [5.74, 6) is 1.15. The monoisotopic (exact) mass is 252 g/mol. The Morgan fingerprint density at radius 2 is 1.71 bits per heavy atom. The molecule has 17 heavy (non-hydrogen) atoms. The summed E-state index contributed by atoms with van der Waals surface area (Å²) in [6.45, 7) is 3.04. The maximum atomic E-state index is 12.1. The van der Waals surface area contributed by atoms with Crippen LogP contribution in [0.5, 0.6) is 0 Å². The zero-order chi connectivity index (χ0) is 12.9. The summed E-state index contributed by atoms with van der Waals surface area (Å²) >= 11 is 0. The molecule has 0 radical (unpaired) electrons. The van der Waals surface area contributed by atoms with Gasteiger partial charge in [-0.2, -0.15) is 13.2 Å². The van der Waals surface area contributed by atoms with Gasteiger partial charge in [0, 0.05) is 6.04 Å². The number of nitrogens with two attached hydrogens (primary N) is 1. The molecule has 0 aliphatic heterocycles. The summed E-state index contributed by atoms with van der Waals surface area (Å²) in [5, 5.41) is 2.99. The first-order valence-corrected chi connectivity index (χ1v) is 6.41. The van der Waals surface area contributed by atoms with Gasteiger partial charge in [0.2, 0.25) is 0 Å². The molecule has 0 aromatic carbocycles. The second-order valence-electron chi connectivity index (χ2n) is 5.25. The highest BCUT2D eigenvalue weighted by atomic mass is 19.4. The predicted octanol–water partition coefficient (Wildman–Crippen LogP) is 2.68. The van der Waals surface area contributed by atoms with Gasteiger partial charge in [-0.25, -0.2) is 0 Å². The van der Waals surface area contributed by atoms with Gasteiger partial charge < -0.3 is 11.1 Å². The topological polar surface area (TPSA) is 38.0 Å². The van der Waals surface area contributed by atoms with Crippen molar-refractivity contribution in [2.45, 2.75) is 51.2 Å². The molecule has 1 atom stereocenters. The normalized spacial score (nSPS) is 28.1. The van der Waals surface area contributed by atoms with E-state index in [1.807, 2.05) is 0 Å². The van der Waals surface area contributed by atoms with Crippen molar-refractivity contribution in [3.63, 3.8) is 0 Å². The van der Waals surface area contributed by atoms with Gasteiger partial charge in [-0.05, 0) is 57.5 Å². The summed E-state index contributed by atoms with van der Waals surface area (Å²) in [5.41, 5.74) is 5.60. The first-order valence-electron chi connectivity index (χ1n) is 6.41. The first-order chi connectivity index (χ1) is 7.90. The van der Waals surface area contributed by atoms with E-state index >= 15 is 0 Å². The number of hydrogen-bond acceptors (Lipinski definition) is 2. The molecule has 1 fully saturated rings. The van der Waals surface area contributed by atoms with Gasteiger partial charge >= 0.3 is 6.18 Å². The van der Waals surface area contributed by atoms with Crippen molar-refractivity contribution < 1.29 is 13.2 Å². The number of hydrogen-bond donors (Lipinski definition) is 2. The molecule has 102 valence electrons. The summed E-state index contributed by atoms with van der Waals surface area (Å²) in [6, 6.07) is -0.484. The van der Waals surface area contributed by atoms with Crippen molar-refractivity contribution in [3.05, 3.63) is 0 Å². The van der Waals surface area contributed by atoms with Crippen LogP contribution in [0.1, 0.15) is 39.0 Å². The van der Waals surface area contributed by atoms with E-state index < -0.39 is 18.6 Å². The lowest BCUT2D eigenvalue weighted by Crippen LogP contribution is -2.36. The molecule has 0 aromatic heterocycles. The molecule has 1 rings (SSSR count). The van der Waals surface area contributed by atoms with Crippen LogP contribution in [0.15, 0.2) is 0 Å². The largest absolute Gasteiger partial charge is 0.390 e. The highest BCUT2D eigenvalue weighted by Crippen LogP contribution is 2.28. The number of rotatable bonds is 5. The minimum Gasteiger partial charge on any atom is -0.330 e. The standard InChI is InChI=1S/C12H23F3N2/c1-9(6-12(13,14)15)17-8-11-4-2-10(7-16)3-5-11/h9-11,17H,2-8,16H2,1H3. The SMILES string of the molecule is CC(CC(F)(F)F)NCC1CCC(CN)CC1. The molecule has 0 spiro atoms. The molecule has 0 bridgehead atoms. The summed E-state index contributed by atoms with van der Waals surface area (Å²) in [4.78, 5) is 0. The Labute approximate surface area is 101 Å². The van der Waals surface area contributed by atoms with E-state index in [-0.39, 0.29) is 0 Å². The lowest BCUT2D eigenvalue weighted by atomic mass is 9.82. The Balaban J connectivity index is 2.15.